The van der Waals surface area contributed by atoms with Crippen molar-refractivity contribution in [2.75, 3.05) is 25.0 Å². The predicted molar refractivity (Wildman–Crippen MR) is 92.9 cm³/mol. The van der Waals surface area contributed by atoms with E-state index in [1.807, 2.05) is 25.6 Å². The van der Waals surface area contributed by atoms with Crippen molar-refractivity contribution in [1.82, 2.24) is 24.2 Å². The molecule has 0 spiro atoms. The summed E-state index contributed by atoms with van der Waals surface area (Å²) in [6.07, 6.45) is 7.96. The van der Waals surface area contributed by atoms with Crippen LogP contribution in [0.4, 0.5) is 5.82 Å². The van der Waals surface area contributed by atoms with Gasteiger partial charge in [-0.25, -0.2) is 4.98 Å². The number of carbonyl (C=O) groups is 1. The summed E-state index contributed by atoms with van der Waals surface area (Å²) in [6, 6.07) is 2.21. The second-order valence-corrected chi connectivity index (χ2v) is 6.78. The lowest BCUT2D eigenvalue weighted by atomic mass is 9.97. The maximum absolute atomic E-state index is 12.2. The Bertz CT molecular complexity index is 689. The van der Waals surface area contributed by atoms with Crippen LogP contribution in [0, 0.1) is 0 Å². The van der Waals surface area contributed by atoms with Crippen LogP contribution in [0.25, 0.3) is 0 Å². The molecule has 7 heteroatoms. The summed E-state index contributed by atoms with van der Waals surface area (Å²) in [6.45, 7) is 6.57. The van der Waals surface area contributed by atoms with E-state index in [-0.39, 0.29) is 5.91 Å². The number of nitrogens with one attached hydrogen (secondary N) is 1. The number of hydrogen-bond donors (Lipinski definition) is 1. The number of piperidine rings is 1. The van der Waals surface area contributed by atoms with Gasteiger partial charge in [0.15, 0.2) is 5.82 Å². The molecule has 1 N–H and O–H groups in total. The van der Waals surface area contributed by atoms with Crippen molar-refractivity contribution in [3.05, 3.63) is 30.5 Å². The average Bonchev–Trinajstić information content (AvgIpc) is 3.16. The Hall–Kier alpha value is -2.15. The Balaban J connectivity index is 1.59. The lowest BCUT2D eigenvalue weighted by Crippen LogP contribution is -2.40. The molecule has 3 rings (SSSR count). The van der Waals surface area contributed by atoms with E-state index in [1.165, 1.54) is 0 Å². The Kier molecular flexibility index (Phi) is 4.99. The van der Waals surface area contributed by atoms with Crippen LogP contribution in [-0.4, -0.2) is 49.8 Å². The van der Waals surface area contributed by atoms with Gasteiger partial charge >= 0.3 is 0 Å². The van der Waals surface area contributed by atoms with Gasteiger partial charge in [-0.2, -0.15) is 5.10 Å². The molecule has 0 radical (unpaired) electrons. The number of likely N-dealkylation sites (tertiary alicyclic amines) is 1. The van der Waals surface area contributed by atoms with E-state index in [9.17, 15) is 4.79 Å². The number of imidazole rings is 1. The molecule has 1 atom stereocenters. The molecule has 24 heavy (non-hydrogen) atoms. The molecule has 1 amide bonds. The maximum Gasteiger partial charge on any atom is 0.239 e. The van der Waals surface area contributed by atoms with Gasteiger partial charge in [-0.05, 0) is 33.2 Å². The van der Waals surface area contributed by atoms with Crippen LogP contribution in [0.1, 0.15) is 44.5 Å². The molecule has 1 aliphatic heterocycles. The number of aromatic nitrogens is 4. The van der Waals surface area contributed by atoms with E-state index < -0.39 is 0 Å². The standard InChI is InChI=1S/C17H26N6O/c1-13(2)23-10-7-18-17(23)14-5-4-8-22(11-14)12-16(24)19-15-6-9-21(3)20-15/h6-7,9-10,13-14H,4-5,8,11-12H2,1-3H3,(H,19,20,24). The minimum atomic E-state index is -0.0125. The number of hydrogen-bond acceptors (Lipinski definition) is 4. The van der Waals surface area contributed by atoms with Crippen LogP contribution in [0.5, 0.6) is 0 Å². The summed E-state index contributed by atoms with van der Waals surface area (Å²) >= 11 is 0. The first kappa shape index (κ1) is 16.7. The highest BCUT2D eigenvalue weighted by Gasteiger charge is 2.26. The number of rotatable bonds is 5. The van der Waals surface area contributed by atoms with Crippen LogP contribution >= 0.6 is 0 Å². The maximum atomic E-state index is 12.2. The van der Waals surface area contributed by atoms with E-state index in [1.54, 1.807) is 10.7 Å². The van der Waals surface area contributed by atoms with Crippen molar-refractivity contribution in [1.29, 1.82) is 0 Å². The zero-order valence-electron chi connectivity index (χ0n) is 14.6. The predicted octanol–water partition coefficient (Wildman–Crippen LogP) is 2.02. The number of amides is 1. The summed E-state index contributed by atoms with van der Waals surface area (Å²) in [5.41, 5.74) is 0. The molecule has 0 aliphatic carbocycles. The number of aryl methyl sites for hydroxylation is 1. The van der Waals surface area contributed by atoms with E-state index >= 15 is 0 Å². The van der Waals surface area contributed by atoms with Crippen LogP contribution in [0.3, 0.4) is 0 Å². The van der Waals surface area contributed by atoms with Gasteiger partial charge in [-0.3, -0.25) is 14.4 Å². The molecule has 0 bridgehead atoms. The van der Waals surface area contributed by atoms with Gasteiger partial charge in [-0.15, -0.1) is 0 Å². The lowest BCUT2D eigenvalue weighted by Gasteiger charge is -2.32. The smallest absolute Gasteiger partial charge is 0.239 e. The van der Waals surface area contributed by atoms with Gasteiger partial charge in [0.05, 0.1) is 6.54 Å². The van der Waals surface area contributed by atoms with Crippen molar-refractivity contribution in [2.45, 2.75) is 38.6 Å². The van der Waals surface area contributed by atoms with Crippen LogP contribution in [-0.2, 0) is 11.8 Å². The molecule has 7 nitrogen and oxygen atoms in total. The first-order valence-corrected chi connectivity index (χ1v) is 8.57. The third-order valence-electron chi connectivity index (χ3n) is 4.47. The number of nitrogens with zero attached hydrogens (tertiary/aromatic N) is 5. The highest BCUT2D eigenvalue weighted by atomic mass is 16.2. The quantitative estimate of drug-likeness (QED) is 0.911. The Labute approximate surface area is 142 Å². The number of anilines is 1. The molecule has 3 heterocycles. The van der Waals surface area contributed by atoms with Crippen molar-refractivity contribution in [3.8, 4) is 0 Å². The second-order valence-electron chi connectivity index (χ2n) is 6.78. The lowest BCUT2D eigenvalue weighted by molar-refractivity contribution is -0.117. The monoisotopic (exact) mass is 330 g/mol. The molecule has 1 aliphatic rings. The SMILES string of the molecule is CC(C)n1ccnc1C1CCCN(CC(=O)Nc2ccn(C)n2)C1. The Morgan fingerprint density at radius 3 is 2.96 bits per heavy atom. The van der Waals surface area contributed by atoms with Gasteiger partial charge in [0, 0.05) is 50.2 Å². The van der Waals surface area contributed by atoms with Gasteiger partial charge in [-0.1, -0.05) is 0 Å². The van der Waals surface area contributed by atoms with Gasteiger partial charge in [0.2, 0.25) is 5.91 Å². The zero-order chi connectivity index (χ0) is 17.1. The topological polar surface area (TPSA) is 68.0 Å². The summed E-state index contributed by atoms with van der Waals surface area (Å²) in [5.74, 6) is 2.12. The first-order valence-electron chi connectivity index (χ1n) is 8.57. The van der Waals surface area contributed by atoms with Crippen LogP contribution in [0.2, 0.25) is 0 Å². The normalized spacial score (nSPS) is 18.9. The van der Waals surface area contributed by atoms with Gasteiger partial charge < -0.3 is 9.88 Å². The summed E-state index contributed by atoms with van der Waals surface area (Å²) < 4.78 is 3.92. The van der Waals surface area contributed by atoms with Crippen molar-refractivity contribution in [3.63, 3.8) is 0 Å². The van der Waals surface area contributed by atoms with E-state index in [0.29, 0.717) is 24.3 Å². The largest absolute Gasteiger partial charge is 0.332 e. The highest BCUT2D eigenvalue weighted by Crippen LogP contribution is 2.27. The molecule has 1 unspecified atom stereocenters. The molecule has 2 aromatic rings. The van der Waals surface area contributed by atoms with Gasteiger partial charge in [0.25, 0.3) is 0 Å². The fourth-order valence-electron chi connectivity index (χ4n) is 3.35. The molecule has 2 aromatic heterocycles. The molecule has 1 saturated heterocycles. The third-order valence-corrected chi connectivity index (χ3v) is 4.47. The molecule has 0 saturated carbocycles. The summed E-state index contributed by atoms with van der Waals surface area (Å²) in [4.78, 5) is 19.0. The van der Waals surface area contributed by atoms with Crippen molar-refractivity contribution >= 4 is 11.7 Å². The van der Waals surface area contributed by atoms with E-state index in [0.717, 1.165) is 31.8 Å². The zero-order valence-corrected chi connectivity index (χ0v) is 14.6. The third kappa shape index (κ3) is 3.84. The molecule has 1 fully saturated rings. The fraction of sp³-hybridized carbons (Fsp3) is 0.588. The Morgan fingerprint density at radius 2 is 2.25 bits per heavy atom. The fourth-order valence-corrected chi connectivity index (χ4v) is 3.35. The Morgan fingerprint density at radius 1 is 1.42 bits per heavy atom. The van der Waals surface area contributed by atoms with Crippen LogP contribution in [0.15, 0.2) is 24.7 Å². The molecule has 130 valence electrons. The van der Waals surface area contributed by atoms with Gasteiger partial charge in [0.1, 0.15) is 5.82 Å². The first-order chi connectivity index (χ1) is 11.5. The minimum Gasteiger partial charge on any atom is -0.332 e. The highest BCUT2D eigenvalue weighted by molar-refractivity contribution is 5.91. The van der Waals surface area contributed by atoms with Crippen LogP contribution < -0.4 is 5.32 Å². The van der Waals surface area contributed by atoms with E-state index in [4.69, 9.17) is 0 Å². The molecule has 0 aromatic carbocycles. The summed E-state index contributed by atoms with van der Waals surface area (Å²) in [5, 5.41) is 7.04. The molecular weight excluding hydrogens is 304 g/mol. The second kappa shape index (κ2) is 7.17. The molecular formula is C17H26N6O. The average molecular weight is 330 g/mol. The number of carbonyl (C=O) groups excluding carboxylic acids is 1. The van der Waals surface area contributed by atoms with E-state index in [2.05, 4.69) is 38.7 Å². The summed E-state index contributed by atoms with van der Waals surface area (Å²) in [7, 11) is 1.84. The minimum absolute atomic E-state index is 0.0125. The van der Waals surface area contributed by atoms with Crippen molar-refractivity contribution < 1.29 is 4.79 Å². The van der Waals surface area contributed by atoms with Crippen molar-refractivity contribution in [2.24, 2.45) is 7.05 Å².